The van der Waals surface area contributed by atoms with Crippen LogP contribution in [0.2, 0.25) is 5.02 Å². The maximum absolute atomic E-state index is 6.11. The first-order chi connectivity index (χ1) is 10.5. The normalized spacial score (nSPS) is 11.5. The lowest BCUT2D eigenvalue weighted by atomic mass is 9.86. The van der Waals surface area contributed by atoms with E-state index in [9.17, 15) is 0 Å². The zero-order chi connectivity index (χ0) is 16.0. The maximum atomic E-state index is 6.11. The van der Waals surface area contributed by atoms with Crippen LogP contribution in [0.1, 0.15) is 31.9 Å². The van der Waals surface area contributed by atoms with Crippen LogP contribution < -0.4 is 10.1 Å². The first kappa shape index (κ1) is 16.9. The highest BCUT2D eigenvalue weighted by Crippen LogP contribution is 2.33. The number of rotatable bonds is 6. The first-order valence-corrected chi connectivity index (χ1v) is 8.13. The molecule has 0 aliphatic carbocycles. The molecule has 0 amide bonds. The van der Waals surface area contributed by atoms with Crippen LogP contribution in [0.4, 0.5) is 0 Å². The highest BCUT2D eigenvalue weighted by atomic mass is 35.5. The van der Waals surface area contributed by atoms with Gasteiger partial charge in [0.05, 0.1) is 0 Å². The summed E-state index contributed by atoms with van der Waals surface area (Å²) < 4.78 is 5.97. The Morgan fingerprint density at radius 3 is 2.45 bits per heavy atom. The van der Waals surface area contributed by atoms with Gasteiger partial charge in [-0.25, -0.2) is 0 Å². The third-order valence-corrected chi connectivity index (χ3v) is 3.79. The molecule has 0 saturated carbocycles. The third kappa shape index (κ3) is 5.04. The molecule has 0 bridgehead atoms. The fraction of sp³-hybridized carbons (Fsp3) is 0.368. The maximum Gasteiger partial charge on any atom is 0.137 e. The van der Waals surface area contributed by atoms with Gasteiger partial charge in [-0.2, -0.15) is 0 Å². The lowest BCUT2D eigenvalue weighted by Gasteiger charge is -2.23. The minimum absolute atomic E-state index is 0.0218. The molecule has 0 spiro atoms. The van der Waals surface area contributed by atoms with Gasteiger partial charge in [0.1, 0.15) is 25.4 Å². The molecule has 2 aromatic rings. The average molecular weight is 319 g/mol. The Morgan fingerprint density at radius 2 is 1.77 bits per heavy atom. The molecule has 0 heterocycles. The quantitative estimate of drug-likeness (QED) is 0.806. The zero-order valence-electron chi connectivity index (χ0n) is 13.6. The van der Waals surface area contributed by atoms with Gasteiger partial charge in [0.15, 0.2) is 0 Å². The first-order valence-electron chi connectivity index (χ1n) is 7.75. The molecule has 0 aliphatic heterocycles. The fourth-order valence-corrected chi connectivity index (χ4v) is 2.52. The van der Waals surface area contributed by atoms with Crippen LogP contribution in [0.15, 0.2) is 48.5 Å². The SMILES string of the molecule is CC(C)(C)c1cc(Cl)ccc1OCC[NH2+]Cc1ccccc1. The number of nitrogens with two attached hydrogens (primary N) is 1. The smallest absolute Gasteiger partial charge is 0.137 e. The minimum atomic E-state index is 0.0218. The Hall–Kier alpha value is -1.51. The van der Waals surface area contributed by atoms with E-state index in [-0.39, 0.29) is 5.41 Å². The molecular weight excluding hydrogens is 294 g/mol. The molecule has 22 heavy (non-hydrogen) atoms. The Bertz CT molecular complexity index is 590. The van der Waals surface area contributed by atoms with E-state index in [1.807, 2.05) is 24.3 Å². The Labute approximate surface area is 138 Å². The van der Waals surface area contributed by atoms with Crippen molar-refractivity contribution < 1.29 is 10.1 Å². The van der Waals surface area contributed by atoms with Gasteiger partial charge >= 0.3 is 0 Å². The fourth-order valence-electron chi connectivity index (χ4n) is 2.35. The van der Waals surface area contributed by atoms with Crippen LogP contribution in [-0.2, 0) is 12.0 Å². The van der Waals surface area contributed by atoms with Crippen molar-refractivity contribution in [2.75, 3.05) is 13.2 Å². The number of benzene rings is 2. The summed E-state index contributed by atoms with van der Waals surface area (Å²) in [6, 6.07) is 16.3. The van der Waals surface area contributed by atoms with Crippen LogP contribution in [0, 0.1) is 0 Å². The predicted octanol–water partition coefficient (Wildman–Crippen LogP) is 3.78. The Kier molecular flexibility index (Phi) is 5.87. The molecule has 2 nitrogen and oxygen atoms in total. The Morgan fingerprint density at radius 1 is 1.05 bits per heavy atom. The number of quaternary nitrogens is 1. The molecule has 0 saturated heterocycles. The molecule has 0 unspecified atom stereocenters. The summed E-state index contributed by atoms with van der Waals surface area (Å²) in [5.74, 6) is 0.935. The second kappa shape index (κ2) is 7.66. The van der Waals surface area contributed by atoms with Crippen molar-refractivity contribution in [3.63, 3.8) is 0 Å². The van der Waals surface area contributed by atoms with Crippen molar-refractivity contribution in [1.82, 2.24) is 0 Å². The summed E-state index contributed by atoms with van der Waals surface area (Å²) in [4.78, 5) is 0. The summed E-state index contributed by atoms with van der Waals surface area (Å²) in [7, 11) is 0. The summed E-state index contributed by atoms with van der Waals surface area (Å²) in [5.41, 5.74) is 2.51. The lowest BCUT2D eigenvalue weighted by molar-refractivity contribution is -0.671. The van der Waals surface area contributed by atoms with Gasteiger partial charge in [-0.15, -0.1) is 0 Å². The van der Waals surface area contributed by atoms with Crippen LogP contribution in [0.25, 0.3) is 0 Å². The molecule has 0 atom stereocenters. The summed E-state index contributed by atoms with van der Waals surface area (Å²) in [6.45, 7) is 9.13. The van der Waals surface area contributed by atoms with Crippen LogP contribution >= 0.6 is 11.6 Å². The van der Waals surface area contributed by atoms with Crippen molar-refractivity contribution in [2.24, 2.45) is 0 Å². The number of ether oxygens (including phenoxy) is 1. The van der Waals surface area contributed by atoms with Crippen LogP contribution in [0.3, 0.4) is 0 Å². The molecule has 2 rings (SSSR count). The summed E-state index contributed by atoms with van der Waals surface area (Å²) in [5, 5.41) is 3.02. The minimum Gasteiger partial charge on any atom is -0.487 e. The van der Waals surface area contributed by atoms with E-state index >= 15 is 0 Å². The van der Waals surface area contributed by atoms with E-state index in [1.54, 1.807) is 0 Å². The molecule has 0 radical (unpaired) electrons. The molecule has 0 fully saturated rings. The van der Waals surface area contributed by atoms with E-state index in [0.29, 0.717) is 6.61 Å². The van der Waals surface area contributed by atoms with Crippen LogP contribution in [0.5, 0.6) is 5.75 Å². The molecule has 2 aromatic carbocycles. The van der Waals surface area contributed by atoms with Gasteiger partial charge in [0.25, 0.3) is 0 Å². The van der Waals surface area contributed by atoms with Crippen molar-refractivity contribution in [3.05, 3.63) is 64.7 Å². The lowest BCUT2D eigenvalue weighted by Crippen LogP contribution is -2.83. The van der Waals surface area contributed by atoms with E-state index < -0.39 is 0 Å². The molecule has 0 aromatic heterocycles. The summed E-state index contributed by atoms with van der Waals surface area (Å²) in [6.07, 6.45) is 0. The third-order valence-electron chi connectivity index (χ3n) is 3.55. The molecule has 3 heteroatoms. The van der Waals surface area contributed by atoms with Crippen LogP contribution in [-0.4, -0.2) is 13.2 Å². The van der Waals surface area contributed by atoms with Crippen molar-refractivity contribution >= 4 is 11.6 Å². The number of halogens is 1. The number of hydrogen-bond acceptors (Lipinski definition) is 1. The van der Waals surface area contributed by atoms with Crippen molar-refractivity contribution in [2.45, 2.75) is 32.7 Å². The predicted molar refractivity (Wildman–Crippen MR) is 92.6 cm³/mol. The second-order valence-corrected chi connectivity index (χ2v) is 6.94. The van der Waals surface area contributed by atoms with E-state index in [0.717, 1.165) is 29.4 Å². The second-order valence-electron chi connectivity index (χ2n) is 6.51. The zero-order valence-corrected chi connectivity index (χ0v) is 14.4. The average Bonchev–Trinajstić information content (AvgIpc) is 2.48. The van der Waals surface area contributed by atoms with Gasteiger partial charge in [-0.05, 0) is 23.6 Å². The van der Waals surface area contributed by atoms with Crippen molar-refractivity contribution in [1.29, 1.82) is 0 Å². The van der Waals surface area contributed by atoms with E-state index in [2.05, 4.69) is 50.4 Å². The van der Waals surface area contributed by atoms with Gasteiger partial charge in [0.2, 0.25) is 0 Å². The molecule has 0 aliphatic rings. The van der Waals surface area contributed by atoms with E-state index in [1.165, 1.54) is 5.56 Å². The highest BCUT2D eigenvalue weighted by Gasteiger charge is 2.19. The molecule has 2 N–H and O–H groups in total. The standard InChI is InChI=1S/C19H24ClNO/c1-19(2,3)17-13-16(20)9-10-18(17)22-12-11-21-14-15-7-5-4-6-8-15/h4-10,13,21H,11-12,14H2,1-3H3/p+1. The topological polar surface area (TPSA) is 25.8 Å². The Balaban J connectivity index is 1.84. The highest BCUT2D eigenvalue weighted by molar-refractivity contribution is 6.30. The van der Waals surface area contributed by atoms with Gasteiger partial charge in [-0.3, -0.25) is 0 Å². The summed E-state index contributed by atoms with van der Waals surface area (Å²) >= 11 is 6.11. The molecular formula is C19H25ClNO+. The number of hydrogen-bond donors (Lipinski definition) is 1. The van der Waals surface area contributed by atoms with E-state index in [4.69, 9.17) is 16.3 Å². The van der Waals surface area contributed by atoms with Gasteiger partial charge < -0.3 is 10.1 Å². The molecule has 118 valence electrons. The van der Waals surface area contributed by atoms with Gasteiger partial charge in [-0.1, -0.05) is 62.7 Å². The monoisotopic (exact) mass is 318 g/mol. The van der Waals surface area contributed by atoms with Crippen molar-refractivity contribution in [3.8, 4) is 5.75 Å². The largest absolute Gasteiger partial charge is 0.487 e. The van der Waals surface area contributed by atoms with Gasteiger partial charge in [0, 0.05) is 16.1 Å².